The van der Waals surface area contributed by atoms with E-state index in [0.29, 0.717) is 28.0 Å². The van der Waals surface area contributed by atoms with Crippen molar-refractivity contribution in [3.8, 4) is 5.75 Å². The first-order valence-electron chi connectivity index (χ1n) is 11.1. The van der Waals surface area contributed by atoms with Crippen LogP contribution in [0.2, 0.25) is 0 Å². The second-order valence-electron chi connectivity index (χ2n) is 8.47. The van der Waals surface area contributed by atoms with Crippen molar-refractivity contribution >= 4 is 28.3 Å². The fraction of sp³-hybridized carbons (Fsp3) is 0.400. The number of rotatable bonds is 8. The third-order valence-electron chi connectivity index (χ3n) is 6.41. The highest BCUT2D eigenvalue weighted by atomic mass is 32.3. The Morgan fingerprint density at radius 2 is 1.94 bits per heavy atom. The van der Waals surface area contributed by atoms with E-state index in [1.165, 1.54) is 30.0 Å². The van der Waals surface area contributed by atoms with Gasteiger partial charge < -0.3 is 9.84 Å². The molecule has 0 fully saturated rings. The summed E-state index contributed by atoms with van der Waals surface area (Å²) in [7, 11) is -3.28. The molecule has 0 radical (unpaired) electrons. The van der Waals surface area contributed by atoms with Gasteiger partial charge in [-0.1, -0.05) is 31.9 Å². The molecular formula is C25H30F2O5S2. The number of fused-ring (bicyclic) bond motifs is 1. The maximum absolute atomic E-state index is 13.7. The van der Waals surface area contributed by atoms with Gasteiger partial charge in [0.15, 0.2) is 0 Å². The molecule has 2 aromatic rings. The average Bonchev–Trinajstić information content (AvgIpc) is 2.89. The second kappa shape index (κ2) is 11.1. The molecule has 9 heteroatoms. The molecule has 1 heterocycles. The molecular weight excluding hydrogens is 482 g/mol. The first-order chi connectivity index (χ1) is 16.1. The number of benzene rings is 2. The Balaban J connectivity index is 2.20. The highest BCUT2D eigenvalue weighted by molar-refractivity contribution is 8.24. The Morgan fingerprint density at radius 3 is 2.53 bits per heavy atom. The van der Waals surface area contributed by atoms with Crippen molar-refractivity contribution in [2.75, 3.05) is 6.26 Å². The van der Waals surface area contributed by atoms with Gasteiger partial charge in [0.25, 0.3) is 0 Å². The Morgan fingerprint density at radius 1 is 1.26 bits per heavy atom. The van der Waals surface area contributed by atoms with Crippen LogP contribution in [0.15, 0.2) is 58.3 Å². The predicted molar refractivity (Wildman–Crippen MR) is 132 cm³/mol. The average molecular weight is 513 g/mol. The number of thioether (sulfide) groups is 1. The van der Waals surface area contributed by atoms with Crippen molar-refractivity contribution < 1.29 is 32.5 Å². The van der Waals surface area contributed by atoms with E-state index in [1.807, 2.05) is 6.92 Å². The van der Waals surface area contributed by atoms with Crippen molar-refractivity contribution in [2.45, 2.75) is 60.5 Å². The van der Waals surface area contributed by atoms with Gasteiger partial charge in [-0.2, -0.15) is 15.0 Å². The fourth-order valence-corrected chi connectivity index (χ4v) is 6.99. The molecule has 0 aliphatic carbocycles. The first kappa shape index (κ1) is 26.5. The normalized spacial score (nSPS) is 23.0. The molecule has 3 unspecified atom stereocenters. The number of aliphatic carboxylic acids is 1. The van der Waals surface area contributed by atoms with E-state index in [-0.39, 0.29) is 23.4 Å². The van der Waals surface area contributed by atoms with Gasteiger partial charge in [0.05, 0.1) is 15.0 Å². The first-order valence-corrected chi connectivity index (χ1v) is 13.9. The lowest BCUT2D eigenvalue weighted by Crippen LogP contribution is -2.23. The summed E-state index contributed by atoms with van der Waals surface area (Å²) in [4.78, 5) is 11.7. The third kappa shape index (κ3) is 5.59. The maximum Gasteiger partial charge on any atom is 0.368 e. The molecule has 3 N–H and O–H groups in total. The number of hydrogen-bond donors (Lipinski definition) is 3. The van der Waals surface area contributed by atoms with E-state index >= 15 is 0 Å². The molecule has 0 aromatic heterocycles. The quantitative estimate of drug-likeness (QED) is 0.191. The van der Waals surface area contributed by atoms with Crippen LogP contribution in [0.3, 0.4) is 0 Å². The van der Waals surface area contributed by atoms with Crippen LogP contribution < -0.4 is 4.74 Å². The molecule has 0 amide bonds. The van der Waals surface area contributed by atoms with Crippen molar-refractivity contribution in [1.29, 1.82) is 0 Å². The molecule has 0 bridgehead atoms. The number of carboxylic acids is 1. The summed E-state index contributed by atoms with van der Waals surface area (Å²) in [6.07, 6.45) is 5.70. The van der Waals surface area contributed by atoms with E-state index < -0.39 is 27.6 Å². The van der Waals surface area contributed by atoms with Gasteiger partial charge in [0.2, 0.25) is 5.83 Å². The van der Waals surface area contributed by atoms with Gasteiger partial charge in [-0.3, -0.25) is 9.11 Å². The summed E-state index contributed by atoms with van der Waals surface area (Å²) >= 11 is 1.31. The topological polar surface area (TPSA) is 87.0 Å². The van der Waals surface area contributed by atoms with Crippen molar-refractivity contribution in [2.24, 2.45) is 5.92 Å². The minimum atomic E-state index is -3.28. The smallest absolute Gasteiger partial charge is 0.368 e. The number of ether oxygens (including phenoxy) is 1. The summed E-state index contributed by atoms with van der Waals surface area (Å²) < 4.78 is 55.4. The SMILES string of the molecule is CCCCC1CC(c2ccc(F)cc2)c2cc(SC)c(O/C=C(\F)C(=O)O)cc2S(O)(O)C1C. The number of unbranched alkanes of at least 4 members (excludes halogenated alkanes) is 1. The zero-order chi connectivity index (χ0) is 25.0. The lowest BCUT2D eigenvalue weighted by atomic mass is 9.81. The fourth-order valence-electron chi connectivity index (χ4n) is 4.43. The molecule has 186 valence electrons. The standard InChI is InChI=1S/C25H30F2O5S2/c1-4-5-6-17-11-19(16-7-9-18(26)10-8-16)20-12-23(33-3)22(32-14-21(27)25(28)29)13-24(20)34(30,31)15(17)2/h7-10,12-15,17,19,30-31H,4-6,11H2,1-3H3,(H,28,29)/b21-14-. The van der Waals surface area contributed by atoms with Crippen LogP contribution in [0.1, 0.15) is 56.6 Å². The maximum atomic E-state index is 13.7. The molecule has 3 atom stereocenters. The molecule has 1 aliphatic rings. The van der Waals surface area contributed by atoms with Gasteiger partial charge in [0, 0.05) is 12.0 Å². The molecule has 3 rings (SSSR count). The van der Waals surface area contributed by atoms with E-state index in [0.717, 1.165) is 24.8 Å². The van der Waals surface area contributed by atoms with Gasteiger partial charge in [-0.15, -0.1) is 11.8 Å². The summed E-state index contributed by atoms with van der Waals surface area (Å²) in [5.41, 5.74) is 1.57. The monoisotopic (exact) mass is 512 g/mol. The molecule has 1 aliphatic heterocycles. The van der Waals surface area contributed by atoms with Crippen LogP contribution in [-0.4, -0.2) is 31.7 Å². The van der Waals surface area contributed by atoms with E-state index in [9.17, 15) is 22.7 Å². The Labute approximate surface area is 204 Å². The molecule has 5 nitrogen and oxygen atoms in total. The third-order valence-corrected chi connectivity index (χ3v) is 9.59. The highest BCUT2D eigenvalue weighted by Gasteiger charge is 2.40. The largest absolute Gasteiger partial charge is 0.476 e. The Bertz CT molecular complexity index is 1060. The molecule has 0 saturated carbocycles. The van der Waals surface area contributed by atoms with Crippen LogP contribution in [0.5, 0.6) is 5.75 Å². The van der Waals surface area contributed by atoms with E-state index in [4.69, 9.17) is 9.84 Å². The van der Waals surface area contributed by atoms with Gasteiger partial charge in [0.1, 0.15) is 17.8 Å². The van der Waals surface area contributed by atoms with Crippen LogP contribution in [0, 0.1) is 11.7 Å². The van der Waals surface area contributed by atoms with Crippen molar-refractivity contribution in [3.63, 3.8) is 0 Å². The molecule has 0 saturated heterocycles. The summed E-state index contributed by atoms with van der Waals surface area (Å²) in [5.74, 6) is -3.63. The number of hydrogen-bond acceptors (Lipinski definition) is 5. The van der Waals surface area contributed by atoms with Crippen LogP contribution >= 0.6 is 22.4 Å². The predicted octanol–water partition coefficient (Wildman–Crippen LogP) is 7.66. The zero-order valence-electron chi connectivity index (χ0n) is 19.3. The van der Waals surface area contributed by atoms with Gasteiger partial charge in [-0.25, -0.2) is 9.18 Å². The minimum absolute atomic E-state index is 0.0128. The van der Waals surface area contributed by atoms with Crippen molar-refractivity contribution in [1.82, 2.24) is 0 Å². The van der Waals surface area contributed by atoms with Crippen LogP contribution in [-0.2, 0) is 4.79 Å². The minimum Gasteiger partial charge on any atom is -0.476 e. The summed E-state index contributed by atoms with van der Waals surface area (Å²) in [5, 5.41) is 8.34. The van der Waals surface area contributed by atoms with E-state index in [2.05, 4.69) is 6.92 Å². The lowest BCUT2D eigenvalue weighted by molar-refractivity contribution is -0.134. The summed E-state index contributed by atoms with van der Waals surface area (Å²) in [6, 6.07) is 9.51. The van der Waals surface area contributed by atoms with Gasteiger partial charge >= 0.3 is 5.97 Å². The molecule has 0 spiro atoms. The summed E-state index contributed by atoms with van der Waals surface area (Å²) in [6.45, 7) is 3.92. The lowest BCUT2D eigenvalue weighted by Gasteiger charge is -2.41. The number of carboxylic acid groups (broad SMARTS) is 1. The zero-order valence-corrected chi connectivity index (χ0v) is 21.0. The Kier molecular flexibility index (Phi) is 8.67. The van der Waals surface area contributed by atoms with Crippen LogP contribution in [0.25, 0.3) is 0 Å². The van der Waals surface area contributed by atoms with Crippen molar-refractivity contribution in [3.05, 3.63) is 65.4 Å². The Hall–Kier alpha value is -2.07. The molecule has 2 aromatic carbocycles. The highest BCUT2D eigenvalue weighted by Crippen LogP contribution is 2.63. The molecule has 34 heavy (non-hydrogen) atoms. The second-order valence-corrected chi connectivity index (χ2v) is 11.7. The number of halogens is 2. The van der Waals surface area contributed by atoms with Crippen LogP contribution in [0.4, 0.5) is 8.78 Å². The van der Waals surface area contributed by atoms with Gasteiger partial charge in [-0.05, 0) is 61.3 Å². The van der Waals surface area contributed by atoms with E-state index in [1.54, 1.807) is 24.5 Å². The number of carbonyl (C=O) groups is 1.